The van der Waals surface area contributed by atoms with Gasteiger partial charge in [-0.25, -0.2) is 0 Å². The fourth-order valence-electron chi connectivity index (χ4n) is 2.02. The third-order valence-electron chi connectivity index (χ3n) is 3.16. The van der Waals surface area contributed by atoms with Crippen molar-refractivity contribution < 1.29 is 31.1 Å². The molecule has 2 aromatic rings. The van der Waals surface area contributed by atoms with E-state index in [1.807, 2.05) is 0 Å². The molecule has 0 saturated carbocycles. The smallest absolute Gasteiger partial charge is 0.418 e. The van der Waals surface area contributed by atoms with Crippen LogP contribution in [0.4, 0.5) is 37.7 Å². The van der Waals surface area contributed by atoms with Crippen molar-refractivity contribution in [1.29, 1.82) is 0 Å². The van der Waals surface area contributed by atoms with Crippen LogP contribution in [0.1, 0.15) is 16.7 Å². The number of nitrogens with two attached hydrogens (primary N) is 2. The maximum absolute atomic E-state index is 13.0. The lowest BCUT2D eigenvalue weighted by Crippen LogP contribution is -2.12. The Morgan fingerprint density at radius 2 is 1.42 bits per heavy atom. The second-order valence-electron chi connectivity index (χ2n) is 4.95. The highest BCUT2D eigenvalue weighted by atomic mass is 19.4. The molecule has 130 valence electrons. The monoisotopic (exact) mass is 350 g/mol. The molecule has 2 rings (SSSR count). The zero-order valence-electron chi connectivity index (χ0n) is 12.0. The van der Waals surface area contributed by atoms with Gasteiger partial charge in [-0.05, 0) is 30.3 Å². The minimum atomic E-state index is -4.69. The van der Waals surface area contributed by atoms with E-state index in [1.54, 1.807) is 0 Å². The van der Waals surface area contributed by atoms with Crippen molar-refractivity contribution >= 4 is 11.4 Å². The number of nitrogen functional groups attached to an aromatic ring is 2. The lowest BCUT2D eigenvalue weighted by Gasteiger charge is -2.16. The molecular formula is C15H12F6N2O. The minimum absolute atomic E-state index is 0.0853. The van der Waals surface area contributed by atoms with Crippen LogP contribution >= 0.6 is 0 Å². The Kier molecular flexibility index (Phi) is 4.54. The molecule has 0 aromatic heterocycles. The molecule has 0 atom stereocenters. The molecule has 0 unspecified atom stereocenters. The van der Waals surface area contributed by atoms with Gasteiger partial charge in [-0.15, -0.1) is 0 Å². The van der Waals surface area contributed by atoms with Crippen molar-refractivity contribution in [2.24, 2.45) is 0 Å². The zero-order chi connectivity index (χ0) is 18.1. The quantitative estimate of drug-likeness (QED) is 0.634. The largest absolute Gasteiger partial charge is 0.489 e. The van der Waals surface area contributed by atoms with Crippen LogP contribution in [-0.4, -0.2) is 0 Å². The van der Waals surface area contributed by atoms with Crippen molar-refractivity contribution in [1.82, 2.24) is 0 Å². The molecule has 0 saturated heterocycles. The first kappa shape index (κ1) is 17.8. The van der Waals surface area contributed by atoms with Gasteiger partial charge >= 0.3 is 12.4 Å². The molecule has 2 aromatic carbocycles. The van der Waals surface area contributed by atoms with Crippen molar-refractivity contribution in [2.45, 2.75) is 19.0 Å². The third kappa shape index (κ3) is 4.03. The number of rotatable bonds is 3. The van der Waals surface area contributed by atoms with E-state index in [0.717, 1.165) is 24.3 Å². The predicted molar refractivity (Wildman–Crippen MR) is 76.0 cm³/mol. The molecule has 0 amide bonds. The van der Waals surface area contributed by atoms with Crippen molar-refractivity contribution in [3.8, 4) is 5.75 Å². The Balaban J connectivity index is 2.27. The fourth-order valence-corrected chi connectivity index (χ4v) is 2.02. The maximum Gasteiger partial charge on any atom is 0.418 e. The van der Waals surface area contributed by atoms with Gasteiger partial charge in [0.15, 0.2) is 0 Å². The summed E-state index contributed by atoms with van der Waals surface area (Å²) in [6.45, 7) is -0.573. The van der Waals surface area contributed by atoms with E-state index >= 15 is 0 Å². The normalized spacial score (nSPS) is 12.2. The van der Waals surface area contributed by atoms with Crippen LogP contribution in [0.25, 0.3) is 0 Å². The van der Waals surface area contributed by atoms with Gasteiger partial charge in [0.05, 0.1) is 11.1 Å². The Morgan fingerprint density at radius 1 is 0.792 bits per heavy atom. The van der Waals surface area contributed by atoms with Crippen LogP contribution in [0.2, 0.25) is 0 Å². The molecule has 0 aliphatic carbocycles. The average molecular weight is 350 g/mol. The summed E-state index contributed by atoms with van der Waals surface area (Å²) in [5.41, 5.74) is 7.62. The highest BCUT2D eigenvalue weighted by Gasteiger charge is 2.34. The first-order chi connectivity index (χ1) is 11.0. The predicted octanol–water partition coefficient (Wildman–Crippen LogP) is 4.47. The van der Waals surface area contributed by atoms with E-state index < -0.39 is 35.8 Å². The Hall–Kier alpha value is -2.58. The summed E-state index contributed by atoms with van der Waals surface area (Å²) in [5.74, 6) is -0.249. The molecule has 0 aliphatic heterocycles. The first-order valence-electron chi connectivity index (χ1n) is 6.53. The highest BCUT2D eigenvalue weighted by molar-refractivity contribution is 5.52. The number of hydrogen-bond acceptors (Lipinski definition) is 3. The second-order valence-corrected chi connectivity index (χ2v) is 4.95. The number of hydrogen-bond donors (Lipinski definition) is 2. The zero-order valence-corrected chi connectivity index (χ0v) is 12.0. The topological polar surface area (TPSA) is 61.3 Å². The molecule has 4 N–H and O–H groups in total. The molecule has 3 nitrogen and oxygen atoms in total. The van der Waals surface area contributed by atoms with Crippen LogP contribution < -0.4 is 16.2 Å². The Bertz CT molecular complexity index is 740. The number of ether oxygens (including phenoxy) is 1. The third-order valence-corrected chi connectivity index (χ3v) is 3.16. The molecule has 0 radical (unpaired) electrons. The van der Waals surface area contributed by atoms with Crippen molar-refractivity contribution in [2.75, 3.05) is 11.5 Å². The summed E-state index contributed by atoms with van der Waals surface area (Å²) >= 11 is 0. The molecular weight excluding hydrogens is 338 g/mol. The standard InChI is InChI=1S/C15H12F6N2O/c16-14(17,18)11-5-9(22)2-1-8(11)7-24-10-3-4-13(23)12(6-10)15(19,20)21/h1-6H,7,22-23H2. The highest BCUT2D eigenvalue weighted by Crippen LogP contribution is 2.37. The van der Waals surface area contributed by atoms with Crippen LogP contribution in [0.3, 0.4) is 0 Å². The second kappa shape index (κ2) is 6.14. The van der Waals surface area contributed by atoms with E-state index in [1.165, 1.54) is 6.07 Å². The molecule has 24 heavy (non-hydrogen) atoms. The van der Waals surface area contributed by atoms with Gasteiger partial charge in [-0.1, -0.05) is 6.07 Å². The van der Waals surface area contributed by atoms with Gasteiger partial charge in [0.25, 0.3) is 0 Å². The lowest BCUT2D eigenvalue weighted by molar-refractivity contribution is -0.138. The summed E-state index contributed by atoms with van der Waals surface area (Å²) in [5, 5.41) is 0. The number of halogens is 6. The fraction of sp³-hybridized carbons (Fsp3) is 0.200. The van der Waals surface area contributed by atoms with Gasteiger partial charge in [-0.2, -0.15) is 26.3 Å². The van der Waals surface area contributed by atoms with E-state index in [2.05, 4.69) is 0 Å². The molecule has 0 bridgehead atoms. The maximum atomic E-state index is 13.0. The molecule has 0 fully saturated rings. The van der Waals surface area contributed by atoms with Gasteiger partial charge in [-0.3, -0.25) is 0 Å². The summed E-state index contributed by atoms with van der Waals surface area (Å²) in [7, 11) is 0. The first-order valence-corrected chi connectivity index (χ1v) is 6.53. The number of alkyl halides is 6. The van der Waals surface area contributed by atoms with E-state index in [-0.39, 0.29) is 17.0 Å². The number of benzene rings is 2. The molecule has 9 heteroatoms. The van der Waals surface area contributed by atoms with Gasteiger partial charge in [0.1, 0.15) is 12.4 Å². The molecule has 0 spiro atoms. The van der Waals surface area contributed by atoms with Crippen LogP contribution in [0.15, 0.2) is 36.4 Å². The summed E-state index contributed by atoms with van der Waals surface area (Å²) < 4.78 is 82.2. The average Bonchev–Trinajstić information content (AvgIpc) is 2.45. The van der Waals surface area contributed by atoms with Gasteiger partial charge in [0.2, 0.25) is 0 Å². The van der Waals surface area contributed by atoms with Crippen LogP contribution in [-0.2, 0) is 19.0 Å². The molecule has 0 aliphatic rings. The molecule has 0 heterocycles. The Labute approximate surface area is 132 Å². The Morgan fingerprint density at radius 3 is 2.00 bits per heavy atom. The summed E-state index contributed by atoms with van der Waals surface area (Å²) in [6.07, 6.45) is -9.35. The van der Waals surface area contributed by atoms with E-state index in [4.69, 9.17) is 16.2 Å². The van der Waals surface area contributed by atoms with Crippen LogP contribution in [0.5, 0.6) is 5.75 Å². The summed E-state index contributed by atoms with van der Waals surface area (Å²) in [4.78, 5) is 0. The van der Waals surface area contributed by atoms with Crippen LogP contribution in [0, 0.1) is 0 Å². The minimum Gasteiger partial charge on any atom is -0.489 e. The van der Waals surface area contributed by atoms with Gasteiger partial charge < -0.3 is 16.2 Å². The van der Waals surface area contributed by atoms with E-state index in [9.17, 15) is 26.3 Å². The number of anilines is 2. The summed E-state index contributed by atoms with van der Waals surface area (Å²) in [6, 6.07) is 5.86. The van der Waals surface area contributed by atoms with Crippen molar-refractivity contribution in [3.05, 3.63) is 53.1 Å². The van der Waals surface area contributed by atoms with Crippen molar-refractivity contribution in [3.63, 3.8) is 0 Å². The van der Waals surface area contributed by atoms with Gasteiger partial charge in [0, 0.05) is 16.9 Å². The SMILES string of the molecule is Nc1ccc(COc2ccc(N)c(C(F)(F)F)c2)c(C(F)(F)F)c1. The lowest BCUT2D eigenvalue weighted by atomic mass is 10.1. The van der Waals surface area contributed by atoms with E-state index in [0.29, 0.717) is 6.07 Å².